The molecule has 1 aromatic heterocycles. The Labute approximate surface area is 99.9 Å². The zero-order chi connectivity index (χ0) is 12.0. The minimum absolute atomic E-state index is 0.188. The summed E-state index contributed by atoms with van der Waals surface area (Å²) in [6.07, 6.45) is 0. The fraction of sp³-hybridized carbons (Fsp3) is 0.600. The van der Waals surface area contributed by atoms with Gasteiger partial charge in [-0.05, 0) is 12.8 Å². The van der Waals surface area contributed by atoms with Crippen LogP contribution in [0.5, 0.6) is 0 Å². The summed E-state index contributed by atoms with van der Waals surface area (Å²) in [5, 5.41) is 12.9. The van der Waals surface area contributed by atoms with E-state index >= 15 is 0 Å². The molecule has 1 atom stereocenters. The average Bonchev–Trinajstić information content (AvgIpc) is 2.25. The molecule has 1 rings (SSSR count). The molecule has 5 nitrogen and oxygen atoms in total. The molecule has 0 aromatic carbocycles. The zero-order valence-electron chi connectivity index (χ0n) is 9.60. The van der Waals surface area contributed by atoms with Crippen molar-refractivity contribution in [1.82, 2.24) is 9.97 Å². The minimum Gasteiger partial charge on any atom is -0.396 e. The molecule has 0 aliphatic carbocycles. The third-order valence-electron chi connectivity index (χ3n) is 1.91. The lowest BCUT2D eigenvalue weighted by Gasteiger charge is -2.08. The highest BCUT2D eigenvalue weighted by Gasteiger charge is 2.05. The van der Waals surface area contributed by atoms with Crippen LogP contribution in [0.4, 0.5) is 11.8 Å². The molecule has 0 spiro atoms. The second-order valence-electron chi connectivity index (χ2n) is 3.58. The monoisotopic (exact) mass is 242 g/mol. The Morgan fingerprint density at radius 2 is 2.31 bits per heavy atom. The van der Waals surface area contributed by atoms with Gasteiger partial charge in [-0.1, -0.05) is 6.92 Å². The van der Waals surface area contributed by atoms with Crippen molar-refractivity contribution in [3.05, 3.63) is 6.07 Å². The number of aliphatic hydroxyl groups is 1. The molecular weight excluding hydrogens is 224 g/mol. The lowest BCUT2D eigenvalue weighted by Crippen LogP contribution is -2.06. The first-order valence-corrected chi connectivity index (χ1v) is 6.26. The van der Waals surface area contributed by atoms with E-state index in [9.17, 15) is 0 Å². The molecule has 0 aliphatic rings. The number of hydrogen-bond donors (Lipinski definition) is 3. The van der Waals surface area contributed by atoms with Crippen LogP contribution in [0.3, 0.4) is 0 Å². The second kappa shape index (κ2) is 6.55. The maximum atomic E-state index is 8.92. The number of nitrogens with one attached hydrogen (secondary N) is 1. The van der Waals surface area contributed by atoms with Crippen LogP contribution in [-0.4, -0.2) is 34.0 Å². The highest BCUT2D eigenvalue weighted by Crippen LogP contribution is 2.21. The molecule has 0 amide bonds. The van der Waals surface area contributed by atoms with Crippen LogP contribution in [0, 0.1) is 5.92 Å². The Bertz CT molecular complexity index is 335. The summed E-state index contributed by atoms with van der Waals surface area (Å²) in [6, 6.07) is 1.87. The van der Waals surface area contributed by atoms with Crippen LogP contribution < -0.4 is 11.1 Å². The van der Waals surface area contributed by atoms with Crippen LogP contribution in [0.15, 0.2) is 11.1 Å². The highest BCUT2D eigenvalue weighted by atomic mass is 32.2. The Morgan fingerprint density at radius 3 is 2.94 bits per heavy atom. The summed E-state index contributed by atoms with van der Waals surface area (Å²) in [7, 11) is 0. The van der Waals surface area contributed by atoms with E-state index in [-0.39, 0.29) is 18.5 Å². The van der Waals surface area contributed by atoms with Gasteiger partial charge < -0.3 is 16.2 Å². The van der Waals surface area contributed by atoms with Crippen LogP contribution in [-0.2, 0) is 0 Å². The number of hydrogen-bond acceptors (Lipinski definition) is 6. The molecule has 0 saturated heterocycles. The summed E-state index contributed by atoms with van der Waals surface area (Å²) in [5.74, 6) is 2.09. The summed E-state index contributed by atoms with van der Waals surface area (Å²) >= 11 is 1.58. The fourth-order valence-corrected chi connectivity index (χ4v) is 1.98. The van der Waals surface area contributed by atoms with E-state index in [4.69, 9.17) is 10.8 Å². The van der Waals surface area contributed by atoms with Crippen molar-refractivity contribution < 1.29 is 5.11 Å². The molecule has 0 fully saturated rings. The largest absolute Gasteiger partial charge is 0.396 e. The molecule has 0 bridgehead atoms. The van der Waals surface area contributed by atoms with Crippen LogP contribution in [0.2, 0.25) is 0 Å². The molecular formula is C10H18N4OS. The molecule has 0 saturated carbocycles. The number of nitrogens with zero attached hydrogens (tertiary/aromatic N) is 2. The van der Waals surface area contributed by atoms with Crippen molar-refractivity contribution in [2.45, 2.75) is 18.9 Å². The zero-order valence-corrected chi connectivity index (χ0v) is 10.4. The van der Waals surface area contributed by atoms with Gasteiger partial charge in [-0.15, -0.1) is 11.8 Å². The van der Waals surface area contributed by atoms with Gasteiger partial charge in [0.05, 0.1) is 0 Å². The minimum atomic E-state index is 0.188. The van der Waals surface area contributed by atoms with E-state index in [2.05, 4.69) is 15.3 Å². The van der Waals surface area contributed by atoms with Crippen molar-refractivity contribution in [3.8, 4) is 0 Å². The maximum absolute atomic E-state index is 8.92. The quantitative estimate of drug-likeness (QED) is 0.513. The van der Waals surface area contributed by atoms with Gasteiger partial charge in [-0.2, -0.15) is 4.98 Å². The summed E-state index contributed by atoms with van der Waals surface area (Å²) < 4.78 is 0. The van der Waals surface area contributed by atoms with Gasteiger partial charge in [-0.25, -0.2) is 4.98 Å². The van der Waals surface area contributed by atoms with E-state index in [1.807, 2.05) is 19.9 Å². The van der Waals surface area contributed by atoms with E-state index < -0.39 is 0 Å². The smallest absolute Gasteiger partial charge is 0.223 e. The van der Waals surface area contributed by atoms with Crippen LogP contribution in [0.25, 0.3) is 0 Å². The third kappa shape index (κ3) is 4.24. The van der Waals surface area contributed by atoms with Gasteiger partial charge in [0.15, 0.2) is 0 Å². The van der Waals surface area contributed by atoms with Crippen LogP contribution >= 0.6 is 11.8 Å². The van der Waals surface area contributed by atoms with E-state index in [1.165, 1.54) is 0 Å². The predicted octanol–water partition coefficient (Wildman–Crippen LogP) is 1.21. The Kier molecular flexibility index (Phi) is 5.34. The molecule has 1 heterocycles. The number of aliphatic hydroxyl groups excluding tert-OH is 1. The normalized spacial score (nSPS) is 12.4. The first kappa shape index (κ1) is 13.1. The van der Waals surface area contributed by atoms with Crippen molar-refractivity contribution in [2.75, 3.05) is 30.0 Å². The topological polar surface area (TPSA) is 84.1 Å². The predicted molar refractivity (Wildman–Crippen MR) is 67.6 cm³/mol. The van der Waals surface area contributed by atoms with Gasteiger partial charge in [0.25, 0.3) is 0 Å². The number of nitrogens with two attached hydrogens (primary N) is 1. The van der Waals surface area contributed by atoms with E-state index in [0.717, 1.165) is 23.1 Å². The fourth-order valence-electron chi connectivity index (χ4n) is 1.07. The van der Waals surface area contributed by atoms with Gasteiger partial charge in [0, 0.05) is 25.0 Å². The number of thioether (sulfide) groups is 1. The second-order valence-corrected chi connectivity index (χ2v) is 4.62. The van der Waals surface area contributed by atoms with Gasteiger partial charge in [-0.3, -0.25) is 0 Å². The molecule has 6 heteroatoms. The lowest BCUT2D eigenvalue weighted by molar-refractivity contribution is 0.250. The van der Waals surface area contributed by atoms with Gasteiger partial charge in [0.1, 0.15) is 10.8 Å². The Hall–Kier alpha value is -1.01. The van der Waals surface area contributed by atoms with Gasteiger partial charge >= 0.3 is 0 Å². The van der Waals surface area contributed by atoms with Crippen LogP contribution in [0.1, 0.15) is 13.8 Å². The standard InChI is InChI=1S/C10H18N4OS/c1-3-12-8-4-9(14-10(11)13-8)16-6-7(2)5-15/h4,7,15H,3,5-6H2,1-2H3,(H3,11,12,13,14). The molecule has 0 radical (unpaired) electrons. The van der Waals surface area contributed by atoms with Crippen molar-refractivity contribution in [3.63, 3.8) is 0 Å². The number of nitrogen functional groups attached to an aromatic ring is 1. The summed E-state index contributed by atoms with van der Waals surface area (Å²) in [4.78, 5) is 8.19. The average molecular weight is 242 g/mol. The van der Waals surface area contributed by atoms with Crippen molar-refractivity contribution in [1.29, 1.82) is 0 Å². The SMILES string of the molecule is CCNc1cc(SCC(C)CO)nc(N)n1. The van der Waals surface area contributed by atoms with Crippen molar-refractivity contribution >= 4 is 23.5 Å². The lowest BCUT2D eigenvalue weighted by atomic mass is 10.2. The van der Waals surface area contributed by atoms with E-state index in [1.54, 1.807) is 11.8 Å². The first-order chi connectivity index (χ1) is 7.65. The molecule has 4 N–H and O–H groups in total. The molecule has 1 unspecified atom stereocenters. The third-order valence-corrected chi connectivity index (χ3v) is 3.15. The maximum Gasteiger partial charge on any atom is 0.223 e. The van der Waals surface area contributed by atoms with Crippen molar-refractivity contribution in [2.24, 2.45) is 5.92 Å². The molecule has 1 aromatic rings. The number of rotatable bonds is 6. The first-order valence-electron chi connectivity index (χ1n) is 5.27. The summed E-state index contributed by atoms with van der Waals surface area (Å²) in [5.41, 5.74) is 5.60. The number of anilines is 2. The Morgan fingerprint density at radius 1 is 1.56 bits per heavy atom. The summed E-state index contributed by atoms with van der Waals surface area (Å²) in [6.45, 7) is 4.98. The molecule has 0 aliphatic heterocycles. The molecule has 90 valence electrons. The molecule has 16 heavy (non-hydrogen) atoms. The van der Waals surface area contributed by atoms with E-state index in [0.29, 0.717) is 0 Å². The van der Waals surface area contributed by atoms with Gasteiger partial charge in [0.2, 0.25) is 5.95 Å². The Balaban J connectivity index is 2.64. The highest BCUT2D eigenvalue weighted by molar-refractivity contribution is 7.99. The number of aromatic nitrogens is 2.